The Bertz CT molecular complexity index is 377. The van der Waals surface area contributed by atoms with Crippen molar-refractivity contribution in [3.63, 3.8) is 0 Å². The zero-order valence-corrected chi connectivity index (χ0v) is 12.8. The average molecular weight is 267 g/mol. The van der Waals surface area contributed by atoms with Crippen molar-refractivity contribution in [2.75, 3.05) is 6.54 Å². The van der Waals surface area contributed by atoms with Crippen molar-refractivity contribution in [1.82, 2.24) is 14.9 Å². The molecule has 1 aromatic heterocycles. The first-order chi connectivity index (χ1) is 8.52. The quantitative estimate of drug-likeness (QED) is 0.854. The van der Waals surface area contributed by atoms with Gasteiger partial charge in [0.25, 0.3) is 0 Å². The first kappa shape index (κ1) is 13.9. The molecular formula is C14H25N3S. The lowest BCUT2D eigenvalue weighted by Crippen LogP contribution is -2.24. The van der Waals surface area contributed by atoms with Crippen molar-refractivity contribution in [3.05, 3.63) is 10.6 Å². The largest absolute Gasteiger partial charge is 0.309 e. The van der Waals surface area contributed by atoms with Crippen LogP contribution in [-0.4, -0.2) is 16.1 Å². The molecule has 1 aromatic rings. The molecule has 1 aliphatic rings. The van der Waals surface area contributed by atoms with E-state index in [0.717, 1.165) is 12.5 Å². The fourth-order valence-corrected chi connectivity index (χ4v) is 3.30. The van der Waals surface area contributed by atoms with Crippen LogP contribution in [-0.2, 0) is 5.41 Å². The van der Waals surface area contributed by atoms with E-state index >= 15 is 0 Å². The van der Waals surface area contributed by atoms with Crippen LogP contribution < -0.4 is 5.32 Å². The van der Waals surface area contributed by atoms with Gasteiger partial charge in [0.05, 0.1) is 10.6 Å². The molecule has 0 bridgehead atoms. The molecule has 0 aliphatic heterocycles. The fourth-order valence-electron chi connectivity index (χ4n) is 2.33. The number of hydrogen-bond acceptors (Lipinski definition) is 4. The van der Waals surface area contributed by atoms with Gasteiger partial charge in [-0.05, 0) is 36.8 Å². The molecule has 4 heteroatoms. The van der Waals surface area contributed by atoms with Crippen LogP contribution in [0.15, 0.2) is 0 Å². The molecule has 2 rings (SSSR count). The van der Waals surface area contributed by atoms with Gasteiger partial charge in [0.1, 0.15) is 0 Å². The Labute approximate surface area is 115 Å². The molecule has 1 heterocycles. The molecule has 0 radical (unpaired) electrons. The third-order valence-corrected chi connectivity index (χ3v) is 4.39. The Hall–Kier alpha value is -0.480. The molecule has 1 saturated carbocycles. The minimum absolute atomic E-state index is 0.0928. The minimum Gasteiger partial charge on any atom is -0.309 e. The van der Waals surface area contributed by atoms with Gasteiger partial charge in [0.15, 0.2) is 0 Å². The summed E-state index contributed by atoms with van der Waals surface area (Å²) in [7, 11) is 0. The lowest BCUT2D eigenvalue weighted by atomic mass is 9.89. The molecule has 1 atom stereocenters. The molecule has 1 fully saturated rings. The van der Waals surface area contributed by atoms with Gasteiger partial charge in [-0.1, -0.05) is 45.0 Å². The highest BCUT2D eigenvalue weighted by Crippen LogP contribution is 2.38. The molecule has 1 aliphatic carbocycles. The maximum Gasteiger partial charge on any atom is 0.0857 e. The van der Waals surface area contributed by atoms with Crippen molar-refractivity contribution < 1.29 is 0 Å². The zero-order chi connectivity index (χ0) is 13.2. The summed E-state index contributed by atoms with van der Waals surface area (Å²) in [6, 6.07) is 0.449. The number of rotatable bonds is 6. The Kier molecular flexibility index (Phi) is 4.38. The van der Waals surface area contributed by atoms with Gasteiger partial charge in [0.2, 0.25) is 0 Å². The highest BCUT2D eigenvalue weighted by molar-refractivity contribution is 7.05. The Balaban J connectivity index is 2.10. The third kappa shape index (κ3) is 3.51. The van der Waals surface area contributed by atoms with Crippen molar-refractivity contribution in [3.8, 4) is 0 Å². The van der Waals surface area contributed by atoms with Gasteiger partial charge >= 0.3 is 0 Å². The van der Waals surface area contributed by atoms with Crippen LogP contribution in [0.2, 0.25) is 0 Å². The molecule has 102 valence electrons. The van der Waals surface area contributed by atoms with Crippen molar-refractivity contribution in [2.45, 2.75) is 64.8 Å². The van der Waals surface area contributed by atoms with Crippen LogP contribution in [0, 0.1) is 5.92 Å². The summed E-state index contributed by atoms with van der Waals surface area (Å²) in [6.07, 6.45) is 5.45. The van der Waals surface area contributed by atoms with Crippen LogP contribution in [0.5, 0.6) is 0 Å². The van der Waals surface area contributed by atoms with E-state index in [1.807, 2.05) is 0 Å². The number of nitrogens with one attached hydrogen (secondary N) is 1. The topological polar surface area (TPSA) is 37.8 Å². The van der Waals surface area contributed by atoms with E-state index in [9.17, 15) is 0 Å². The van der Waals surface area contributed by atoms with Gasteiger partial charge in [0, 0.05) is 11.5 Å². The van der Waals surface area contributed by atoms with Gasteiger partial charge in [-0.25, -0.2) is 0 Å². The molecule has 0 amide bonds. The van der Waals surface area contributed by atoms with E-state index in [-0.39, 0.29) is 5.41 Å². The fraction of sp³-hybridized carbons (Fsp3) is 0.857. The minimum atomic E-state index is 0.0928. The lowest BCUT2D eigenvalue weighted by Gasteiger charge is -2.22. The van der Waals surface area contributed by atoms with E-state index in [1.165, 1.54) is 36.3 Å². The number of hydrogen-bond donors (Lipinski definition) is 1. The molecule has 1 unspecified atom stereocenters. The van der Waals surface area contributed by atoms with E-state index in [1.54, 1.807) is 11.5 Å². The lowest BCUT2D eigenvalue weighted by molar-refractivity contribution is 0.470. The zero-order valence-electron chi connectivity index (χ0n) is 12.0. The normalized spacial score (nSPS) is 18.0. The second-order valence-corrected chi connectivity index (χ2v) is 7.15. The van der Waals surface area contributed by atoms with Gasteiger partial charge in [-0.3, -0.25) is 0 Å². The molecule has 18 heavy (non-hydrogen) atoms. The first-order valence-electron chi connectivity index (χ1n) is 7.08. The van der Waals surface area contributed by atoms with Crippen molar-refractivity contribution in [2.24, 2.45) is 5.92 Å². The summed E-state index contributed by atoms with van der Waals surface area (Å²) in [4.78, 5) is 1.35. The van der Waals surface area contributed by atoms with Crippen LogP contribution >= 0.6 is 11.5 Å². The molecule has 0 spiro atoms. The molecular weight excluding hydrogens is 242 g/mol. The van der Waals surface area contributed by atoms with Crippen LogP contribution in [0.4, 0.5) is 0 Å². The van der Waals surface area contributed by atoms with Crippen molar-refractivity contribution >= 4 is 11.5 Å². The maximum atomic E-state index is 4.36. The molecule has 1 N–H and O–H groups in total. The first-order valence-corrected chi connectivity index (χ1v) is 7.85. The van der Waals surface area contributed by atoms with E-state index < -0.39 is 0 Å². The summed E-state index contributed by atoms with van der Waals surface area (Å²) in [6.45, 7) is 9.84. The van der Waals surface area contributed by atoms with Crippen LogP contribution in [0.25, 0.3) is 0 Å². The van der Waals surface area contributed by atoms with Gasteiger partial charge < -0.3 is 5.32 Å². The average Bonchev–Trinajstić information content (AvgIpc) is 2.97. The van der Waals surface area contributed by atoms with E-state index in [0.29, 0.717) is 6.04 Å². The second-order valence-electron chi connectivity index (χ2n) is 6.37. The summed E-state index contributed by atoms with van der Waals surface area (Å²) in [5.41, 5.74) is 1.27. The monoisotopic (exact) mass is 267 g/mol. The Morgan fingerprint density at radius 1 is 1.39 bits per heavy atom. The molecule has 0 aromatic carbocycles. The third-order valence-electron chi connectivity index (χ3n) is 3.55. The summed E-state index contributed by atoms with van der Waals surface area (Å²) in [5, 5.41) is 7.97. The van der Waals surface area contributed by atoms with E-state index in [2.05, 4.69) is 42.6 Å². The number of nitrogens with zero attached hydrogens (tertiary/aromatic N) is 2. The summed E-state index contributed by atoms with van der Waals surface area (Å²) in [5.74, 6) is 0.991. The highest BCUT2D eigenvalue weighted by atomic mass is 32.1. The SMILES string of the molecule is CCNC(CCC1CC1)c1snnc1C(C)(C)C. The predicted molar refractivity (Wildman–Crippen MR) is 77.0 cm³/mol. The van der Waals surface area contributed by atoms with E-state index in [4.69, 9.17) is 0 Å². The van der Waals surface area contributed by atoms with Crippen LogP contribution in [0.3, 0.4) is 0 Å². The standard InChI is InChI=1S/C14H25N3S/c1-5-15-11(9-8-10-6-7-10)12-13(14(2,3)4)16-17-18-12/h10-11,15H,5-9H2,1-4H3. The van der Waals surface area contributed by atoms with Crippen molar-refractivity contribution in [1.29, 1.82) is 0 Å². The van der Waals surface area contributed by atoms with Gasteiger partial charge in [-0.2, -0.15) is 0 Å². The summed E-state index contributed by atoms with van der Waals surface area (Å²) >= 11 is 1.57. The Morgan fingerprint density at radius 2 is 2.11 bits per heavy atom. The predicted octanol–water partition coefficient (Wildman–Crippen LogP) is 3.68. The maximum absolute atomic E-state index is 4.36. The van der Waals surface area contributed by atoms with Crippen LogP contribution in [0.1, 0.15) is 70.0 Å². The highest BCUT2D eigenvalue weighted by Gasteiger charge is 2.28. The summed E-state index contributed by atoms with van der Waals surface area (Å²) < 4.78 is 4.19. The Morgan fingerprint density at radius 3 is 2.67 bits per heavy atom. The number of aromatic nitrogens is 2. The second kappa shape index (κ2) is 5.66. The smallest absolute Gasteiger partial charge is 0.0857 e. The van der Waals surface area contributed by atoms with Gasteiger partial charge in [-0.15, -0.1) is 5.10 Å². The molecule has 0 saturated heterocycles. The molecule has 3 nitrogen and oxygen atoms in total.